The number of hydrogen-bond acceptors (Lipinski definition) is 2. The molecule has 0 amide bonds. The number of carbonyl (C=O) groups excluding carboxylic acids is 1. The van der Waals surface area contributed by atoms with Crippen LogP contribution in [-0.2, 0) is 0 Å². The molecule has 116 valence electrons. The van der Waals surface area contributed by atoms with Crippen molar-refractivity contribution in [1.29, 1.82) is 0 Å². The van der Waals surface area contributed by atoms with Gasteiger partial charge < -0.3 is 4.90 Å². The molecule has 0 spiro atoms. The summed E-state index contributed by atoms with van der Waals surface area (Å²) in [5.41, 5.74) is 6.76. The number of para-hydroxylation sites is 1. The average Bonchev–Trinajstić information content (AvgIpc) is 2.54. The number of carbonyl (C=O) groups is 1. The van der Waals surface area contributed by atoms with E-state index in [0.29, 0.717) is 6.54 Å². The summed E-state index contributed by atoms with van der Waals surface area (Å²) in [4.78, 5) is 14.9. The fourth-order valence-electron chi connectivity index (χ4n) is 2.78. The van der Waals surface area contributed by atoms with Gasteiger partial charge in [-0.1, -0.05) is 18.2 Å². The first-order valence-electron chi connectivity index (χ1n) is 7.86. The topological polar surface area (TPSA) is 20.3 Å². The van der Waals surface area contributed by atoms with E-state index in [1.165, 1.54) is 16.7 Å². The molecule has 2 aromatic carbocycles. The lowest BCUT2D eigenvalue weighted by Crippen LogP contribution is -2.30. The average molecular weight is 295 g/mol. The summed E-state index contributed by atoms with van der Waals surface area (Å²) in [5.74, 6) is 0.189. The number of anilines is 1. The molecular formula is C20H25NO. The van der Waals surface area contributed by atoms with Crippen molar-refractivity contribution >= 4 is 11.5 Å². The highest BCUT2D eigenvalue weighted by atomic mass is 16.1. The van der Waals surface area contributed by atoms with E-state index in [-0.39, 0.29) is 5.78 Å². The highest BCUT2D eigenvalue weighted by Crippen LogP contribution is 2.22. The molecule has 0 saturated carbocycles. The molecule has 0 fully saturated rings. The van der Waals surface area contributed by atoms with Crippen molar-refractivity contribution in [1.82, 2.24) is 0 Å². The number of hydrogen-bond donors (Lipinski definition) is 0. The predicted molar refractivity (Wildman–Crippen MR) is 94.0 cm³/mol. The smallest absolute Gasteiger partial charge is 0.182 e. The first kappa shape index (κ1) is 16.3. The molecule has 0 aliphatic rings. The second-order valence-corrected chi connectivity index (χ2v) is 5.89. The maximum absolute atomic E-state index is 12.8. The summed E-state index contributed by atoms with van der Waals surface area (Å²) in [6.07, 6.45) is 0. The van der Waals surface area contributed by atoms with Crippen molar-refractivity contribution in [3.63, 3.8) is 0 Å². The number of likely N-dealkylation sites (N-methyl/N-ethyl adjacent to an activating group) is 1. The van der Waals surface area contributed by atoms with Crippen LogP contribution < -0.4 is 4.90 Å². The Bertz CT molecular complexity index is 674. The fraction of sp³-hybridized carbons (Fsp3) is 0.350. The highest BCUT2D eigenvalue weighted by Gasteiger charge is 2.16. The summed E-state index contributed by atoms with van der Waals surface area (Å²) >= 11 is 0. The van der Waals surface area contributed by atoms with Crippen molar-refractivity contribution in [3.05, 3.63) is 64.2 Å². The summed E-state index contributed by atoms with van der Waals surface area (Å²) in [7, 11) is 0. The van der Waals surface area contributed by atoms with E-state index in [0.717, 1.165) is 23.4 Å². The van der Waals surface area contributed by atoms with Crippen LogP contribution in [0.25, 0.3) is 0 Å². The van der Waals surface area contributed by atoms with E-state index in [4.69, 9.17) is 0 Å². The van der Waals surface area contributed by atoms with E-state index in [1.54, 1.807) is 0 Å². The second kappa shape index (κ2) is 6.78. The van der Waals surface area contributed by atoms with Gasteiger partial charge in [0.05, 0.1) is 6.54 Å². The molecule has 0 unspecified atom stereocenters. The molecule has 0 aliphatic carbocycles. The van der Waals surface area contributed by atoms with Crippen LogP contribution in [0.2, 0.25) is 0 Å². The van der Waals surface area contributed by atoms with Gasteiger partial charge in [0, 0.05) is 17.8 Å². The monoisotopic (exact) mass is 295 g/mol. The van der Waals surface area contributed by atoms with Crippen molar-refractivity contribution < 1.29 is 4.79 Å². The molecule has 0 bridgehead atoms. The Kier molecular flexibility index (Phi) is 5.02. The van der Waals surface area contributed by atoms with Crippen LogP contribution >= 0.6 is 0 Å². The van der Waals surface area contributed by atoms with Gasteiger partial charge in [-0.25, -0.2) is 0 Å². The molecule has 22 heavy (non-hydrogen) atoms. The van der Waals surface area contributed by atoms with E-state index >= 15 is 0 Å². The minimum atomic E-state index is 0.189. The van der Waals surface area contributed by atoms with Crippen LogP contribution in [-0.4, -0.2) is 18.9 Å². The normalized spacial score (nSPS) is 10.6. The maximum atomic E-state index is 12.8. The molecular weight excluding hydrogens is 270 g/mol. The Balaban J connectivity index is 2.29. The summed E-state index contributed by atoms with van der Waals surface area (Å²) in [5, 5.41) is 0. The van der Waals surface area contributed by atoms with Gasteiger partial charge in [-0.05, 0) is 75.1 Å². The van der Waals surface area contributed by atoms with Gasteiger partial charge in [0.15, 0.2) is 5.78 Å². The minimum Gasteiger partial charge on any atom is -0.364 e. The largest absolute Gasteiger partial charge is 0.364 e. The Hall–Kier alpha value is -2.09. The predicted octanol–water partition coefficient (Wildman–Crippen LogP) is 4.63. The molecule has 0 aliphatic heterocycles. The Morgan fingerprint density at radius 2 is 1.59 bits per heavy atom. The summed E-state index contributed by atoms with van der Waals surface area (Å²) < 4.78 is 0. The quantitative estimate of drug-likeness (QED) is 0.750. The first-order valence-corrected chi connectivity index (χ1v) is 7.86. The third-order valence-corrected chi connectivity index (χ3v) is 4.62. The second-order valence-electron chi connectivity index (χ2n) is 5.89. The molecule has 0 aromatic heterocycles. The number of Topliss-reactive ketones (excluding diaryl/α,β-unsaturated/α-hetero) is 1. The molecule has 0 N–H and O–H groups in total. The van der Waals surface area contributed by atoms with Crippen molar-refractivity contribution in [3.8, 4) is 0 Å². The number of aryl methyl sites for hydroxylation is 1. The lowest BCUT2D eigenvalue weighted by molar-refractivity contribution is 0.0998. The van der Waals surface area contributed by atoms with Crippen LogP contribution in [0.5, 0.6) is 0 Å². The van der Waals surface area contributed by atoms with Crippen LogP contribution in [0, 0.1) is 27.7 Å². The molecule has 0 atom stereocenters. The molecule has 2 aromatic rings. The van der Waals surface area contributed by atoms with Crippen LogP contribution in [0.4, 0.5) is 5.69 Å². The maximum Gasteiger partial charge on any atom is 0.182 e. The number of rotatable bonds is 5. The lowest BCUT2D eigenvalue weighted by atomic mass is 9.92. The molecule has 0 radical (unpaired) electrons. The SMILES string of the molecule is CCN(CC(=O)c1cc(C)c(C)c(C)c1C)c1ccccc1. The third kappa shape index (κ3) is 3.22. The van der Waals surface area contributed by atoms with Crippen LogP contribution in [0.15, 0.2) is 36.4 Å². The zero-order valence-corrected chi connectivity index (χ0v) is 14.2. The molecule has 2 rings (SSSR count). The van der Waals surface area contributed by atoms with Gasteiger partial charge in [-0.15, -0.1) is 0 Å². The first-order chi connectivity index (χ1) is 10.5. The Labute approximate surface area is 133 Å². The van der Waals surface area contributed by atoms with Gasteiger partial charge in [-0.3, -0.25) is 4.79 Å². The fourth-order valence-corrected chi connectivity index (χ4v) is 2.78. The third-order valence-electron chi connectivity index (χ3n) is 4.62. The van der Waals surface area contributed by atoms with E-state index in [2.05, 4.69) is 44.7 Å². The summed E-state index contributed by atoms with van der Waals surface area (Å²) in [6, 6.07) is 12.2. The molecule has 2 heteroatoms. The summed E-state index contributed by atoms with van der Waals surface area (Å²) in [6.45, 7) is 11.7. The Morgan fingerprint density at radius 3 is 2.18 bits per heavy atom. The Morgan fingerprint density at radius 1 is 0.955 bits per heavy atom. The van der Waals surface area contributed by atoms with Gasteiger partial charge in [-0.2, -0.15) is 0 Å². The number of ketones is 1. The standard InChI is InChI=1S/C20H25NO/c1-6-21(18-10-8-7-9-11-18)13-20(22)19-12-14(2)15(3)16(4)17(19)5/h7-12H,6,13H2,1-5H3. The number of benzene rings is 2. The molecule has 0 saturated heterocycles. The van der Waals surface area contributed by atoms with Crippen LogP contribution in [0.3, 0.4) is 0 Å². The van der Waals surface area contributed by atoms with E-state index < -0.39 is 0 Å². The van der Waals surface area contributed by atoms with Crippen molar-refractivity contribution in [2.45, 2.75) is 34.6 Å². The highest BCUT2D eigenvalue weighted by molar-refractivity contribution is 6.01. The van der Waals surface area contributed by atoms with Crippen molar-refractivity contribution in [2.24, 2.45) is 0 Å². The van der Waals surface area contributed by atoms with Gasteiger partial charge >= 0.3 is 0 Å². The van der Waals surface area contributed by atoms with E-state index in [9.17, 15) is 4.79 Å². The molecule has 2 nitrogen and oxygen atoms in total. The zero-order valence-electron chi connectivity index (χ0n) is 14.2. The van der Waals surface area contributed by atoms with Crippen molar-refractivity contribution in [2.75, 3.05) is 18.0 Å². The van der Waals surface area contributed by atoms with Crippen LogP contribution in [0.1, 0.15) is 39.5 Å². The van der Waals surface area contributed by atoms with Gasteiger partial charge in [0.25, 0.3) is 0 Å². The lowest BCUT2D eigenvalue weighted by Gasteiger charge is -2.23. The van der Waals surface area contributed by atoms with E-state index in [1.807, 2.05) is 31.2 Å². The minimum absolute atomic E-state index is 0.189. The zero-order chi connectivity index (χ0) is 16.3. The van der Waals surface area contributed by atoms with Gasteiger partial charge in [0.1, 0.15) is 0 Å². The molecule has 0 heterocycles. The van der Waals surface area contributed by atoms with Gasteiger partial charge in [0.2, 0.25) is 0 Å². The number of nitrogens with zero attached hydrogens (tertiary/aromatic N) is 1.